The Labute approximate surface area is 194 Å². The molecule has 1 aliphatic heterocycles. The predicted octanol–water partition coefficient (Wildman–Crippen LogP) is 2.29. The number of aliphatic hydroxyl groups excluding tert-OH is 1. The molecule has 1 aromatic rings. The van der Waals surface area contributed by atoms with Crippen LogP contribution < -0.4 is 0 Å². The van der Waals surface area contributed by atoms with Gasteiger partial charge in [-0.25, -0.2) is 22.5 Å². The summed E-state index contributed by atoms with van der Waals surface area (Å²) in [5.41, 5.74) is -4.71. The summed E-state index contributed by atoms with van der Waals surface area (Å²) in [5.74, 6) is -1.36. The number of aliphatic hydroxyl groups is 1. The van der Waals surface area contributed by atoms with Crippen molar-refractivity contribution in [2.24, 2.45) is 0 Å². The molecular weight excluding hydrogens is 592 g/mol. The van der Waals surface area contributed by atoms with Crippen molar-refractivity contribution in [2.45, 2.75) is 30.3 Å². The van der Waals surface area contributed by atoms with E-state index >= 15 is 4.39 Å². The molecule has 1 fully saturated rings. The summed E-state index contributed by atoms with van der Waals surface area (Å²) < 4.78 is 117. The van der Waals surface area contributed by atoms with Crippen molar-refractivity contribution in [1.29, 1.82) is 0 Å². The first-order valence-corrected chi connectivity index (χ1v) is 13.3. The maximum Gasteiger partial charge on any atom is 0.490 e. The van der Waals surface area contributed by atoms with E-state index in [-0.39, 0.29) is 10.8 Å². The quantitative estimate of drug-likeness (QED) is 0.143. The van der Waals surface area contributed by atoms with Gasteiger partial charge < -0.3 is 34.4 Å². The van der Waals surface area contributed by atoms with Gasteiger partial charge in [0.05, 0.1) is 6.61 Å². The molecule has 1 saturated heterocycles. The van der Waals surface area contributed by atoms with Gasteiger partial charge in [-0.05, 0) is 12.2 Å². The third-order valence-corrected chi connectivity index (χ3v) is 8.29. The second kappa shape index (κ2) is 9.75. The van der Waals surface area contributed by atoms with Crippen LogP contribution in [0, 0.1) is 15.2 Å². The summed E-state index contributed by atoms with van der Waals surface area (Å²) in [7, 11) is -17.6. The SMILES string of the molecule is O=P(O)(O)OP(=O)(O)OP(=O)(O)OC[C@H]1O[C@@H](n2cc(F)c(=S)[nH]c2=S)C(F)(C(F)(F)F)C1O. The van der Waals surface area contributed by atoms with Crippen LogP contribution >= 0.6 is 47.9 Å². The molecule has 6 atom stereocenters. The van der Waals surface area contributed by atoms with E-state index in [2.05, 4.69) is 37.6 Å². The Kier molecular flexibility index (Phi) is 8.53. The number of aromatic nitrogens is 2. The first-order valence-electron chi connectivity index (χ1n) is 7.98. The van der Waals surface area contributed by atoms with Crippen LogP contribution in [0.1, 0.15) is 6.23 Å². The lowest BCUT2D eigenvalue weighted by atomic mass is 9.95. The van der Waals surface area contributed by atoms with E-state index in [1.54, 1.807) is 0 Å². The summed E-state index contributed by atoms with van der Waals surface area (Å²) >= 11 is 9.17. The van der Waals surface area contributed by atoms with E-state index in [9.17, 15) is 41.3 Å². The summed E-state index contributed by atoms with van der Waals surface area (Å²) in [6.07, 6.45) is -14.3. The minimum absolute atomic E-state index is 0.0853. The molecule has 2 heterocycles. The maximum atomic E-state index is 15.2. The van der Waals surface area contributed by atoms with Gasteiger partial charge >= 0.3 is 29.6 Å². The highest BCUT2D eigenvalue weighted by atomic mass is 32.1. The van der Waals surface area contributed by atoms with Crippen molar-refractivity contribution in [3.05, 3.63) is 21.4 Å². The van der Waals surface area contributed by atoms with Gasteiger partial charge in [0, 0.05) is 6.20 Å². The van der Waals surface area contributed by atoms with Gasteiger partial charge in [-0.15, -0.1) is 0 Å². The van der Waals surface area contributed by atoms with Gasteiger partial charge in [-0.1, -0.05) is 12.2 Å². The average molecular weight is 604 g/mol. The summed E-state index contributed by atoms with van der Waals surface area (Å²) in [4.78, 5) is 37.2. The molecule has 0 aromatic carbocycles. The molecule has 14 nitrogen and oxygen atoms in total. The highest BCUT2D eigenvalue weighted by Crippen LogP contribution is 2.66. The van der Waals surface area contributed by atoms with E-state index < -0.39 is 75.6 Å². The average Bonchev–Trinajstić information content (AvgIpc) is 2.85. The molecule has 1 aromatic heterocycles. The lowest BCUT2D eigenvalue weighted by molar-refractivity contribution is -0.274. The Morgan fingerprint density at radius 1 is 1.15 bits per heavy atom. The van der Waals surface area contributed by atoms with Crippen LogP contribution in [0.15, 0.2) is 6.20 Å². The molecule has 0 saturated carbocycles. The summed E-state index contributed by atoms with van der Waals surface area (Å²) in [6.45, 7) is -1.64. The standard InChI is InChI=1S/C10H12F5N2O12P3S2/c11-3-1-17(8(34)16-6(3)33)7-9(12,10(13,14)15)5(18)4(27-7)2-26-31(22,23)29-32(24,25)28-30(19,20)21/h1,4-5,7,18H,2H2,(H,22,23)(H,24,25)(H,16,33,34)(H2,19,20,21)/t4-,5?,7-,9?/m1/s1. The second-order valence-electron chi connectivity index (χ2n) is 6.27. The Balaban J connectivity index is 2.33. The van der Waals surface area contributed by atoms with E-state index in [1.807, 2.05) is 4.98 Å². The van der Waals surface area contributed by atoms with Gasteiger partial charge in [0.25, 0.3) is 5.67 Å². The number of phosphoric ester groups is 1. The fourth-order valence-electron chi connectivity index (χ4n) is 2.57. The first kappa shape index (κ1) is 29.7. The molecule has 0 radical (unpaired) electrons. The summed E-state index contributed by atoms with van der Waals surface area (Å²) in [5, 5.41) is 9.96. The van der Waals surface area contributed by atoms with Crippen LogP contribution in [0.25, 0.3) is 0 Å². The number of nitrogens with one attached hydrogen (secondary N) is 1. The lowest BCUT2D eigenvalue weighted by Gasteiger charge is -2.31. The molecule has 0 amide bonds. The molecule has 1 aliphatic rings. The van der Waals surface area contributed by atoms with Crippen LogP contribution in [-0.4, -0.2) is 64.9 Å². The lowest BCUT2D eigenvalue weighted by Crippen LogP contribution is -2.54. The predicted molar refractivity (Wildman–Crippen MR) is 100 cm³/mol. The van der Waals surface area contributed by atoms with Crippen molar-refractivity contribution in [2.75, 3.05) is 6.61 Å². The van der Waals surface area contributed by atoms with Crippen molar-refractivity contribution in [1.82, 2.24) is 9.55 Å². The van der Waals surface area contributed by atoms with E-state index in [4.69, 9.17) is 19.4 Å². The zero-order valence-electron chi connectivity index (χ0n) is 15.6. The minimum atomic E-state index is -5.97. The molecule has 4 unspecified atom stereocenters. The van der Waals surface area contributed by atoms with Crippen LogP contribution in [0.5, 0.6) is 0 Å². The van der Waals surface area contributed by atoms with Crippen LogP contribution in [0.4, 0.5) is 22.0 Å². The summed E-state index contributed by atoms with van der Waals surface area (Å²) in [6, 6.07) is 0. The zero-order valence-corrected chi connectivity index (χ0v) is 19.9. The fraction of sp³-hybridized carbons (Fsp3) is 0.600. The Morgan fingerprint density at radius 2 is 1.71 bits per heavy atom. The van der Waals surface area contributed by atoms with E-state index in [0.717, 1.165) is 0 Å². The van der Waals surface area contributed by atoms with E-state index in [0.29, 0.717) is 0 Å². The minimum Gasteiger partial charge on any atom is -0.386 e. The number of hydrogen-bond donors (Lipinski definition) is 6. The molecule has 2 rings (SSSR count). The number of nitrogens with zero attached hydrogens (tertiary/aromatic N) is 1. The maximum absolute atomic E-state index is 15.2. The number of phosphoric acid groups is 3. The number of rotatable bonds is 8. The zero-order chi connectivity index (χ0) is 26.5. The number of hydrogen-bond acceptors (Lipinski definition) is 10. The molecule has 196 valence electrons. The number of halogens is 5. The third kappa shape index (κ3) is 6.63. The van der Waals surface area contributed by atoms with Gasteiger partial charge in [-0.3, -0.25) is 9.09 Å². The highest BCUT2D eigenvalue weighted by molar-refractivity contribution is 7.72. The fourth-order valence-corrected chi connectivity index (χ4v) is 6.06. The van der Waals surface area contributed by atoms with Crippen LogP contribution in [0.2, 0.25) is 0 Å². The number of ether oxygens (including phenoxy) is 1. The molecule has 24 heteroatoms. The molecular formula is C10H12F5N2O12P3S2. The molecule has 34 heavy (non-hydrogen) atoms. The first-order chi connectivity index (χ1) is 15.1. The molecule has 0 bridgehead atoms. The van der Waals surface area contributed by atoms with Gasteiger partial charge in [0.15, 0.2) is 16.8 Å². The normalized spacial score (nSPS) is 29.5. The molecule has 0 spiro atoms. The number of aromatic amines is 1. The topological polar surface area (TPSA) is 210 Å². The van der Waals surface area contributed by atoms with Gasteiger partial charge in [0.1, 0.15) is 16.8 Å². The van der Waals surface area contributed by atoms with Gasteiger partial charge in [-0.2, -0.15) is 21.8 Å². The second-order valence-corrected chi connectivity index (χ2v) is 11.5. The van der Waals surface area contributed by atoms with Crippen LogP contribution in [-0.2, 0) is 31.6 Å². The van der Waals surface area contributed by atoms with Crippen LogP contribution in [0.3, 0.4) is 0 Å². The monoisotopic (exact) mass is 604 g/mol. The van der Waals surface area contributed by atoms with E-state index in [1.165, 1.54) is 0 Å². The largest absolute Gasteiger partial charge is 0.490 e. The van der Waals surface area contributed by atoms with Crippen molar-refractivity contribution in [3.8, 4) is 0 Å². The van der Waals surface area contributed by atoms with Crippen molar-refractivity contribution >= 4 is 47.9 Å². The molecule has 0 aliphatic carbocycles. The number of H-pyrrole nitrogens is 1. The van der Waals surface area contributed by atoms with Crippen molar-refractivity contribution in [3.63, 3.8) is 0 Å². The molecule has 6 N–H and O–H groups in total. The van der Waals surface area contributed by atoms with Gasteiger partial charge in [0.2, 0.25) is 0 Å². The Morgan fingerprint density at radius 3 is 2.21 bits per heavy atom. The third-order valence-electron chi connectivity index (χ3n) is 3.87. The Hall–Kier alpha value is -0.500. The highest BCUT2D eigenvalue weighted by Gasteiger charge is 2.73. The van der Waals surface area contributed by atoms with Crippen molar-refractivity contribution < 1.29 is 78.2 Å². The smallest absolute Gasteiger partial charge is 0.386 e. The number of alkyl halides is 4. The Bertz CT molecular complexity index is 1200.